The smallest absolute Gasteiger partial charge is 0.260 e. The largest absolute Gasteiger partial charge is 0.459 e. The van der Waals surface area contributed by atoms with Gasteiger partial charge < -0.3 is 29.7 Å². The number of ether oxygens (including phenoxy) is 2. The minimum absolute atomic E-state index is 0.0714. The number of rotatable bonds is 10. The van der Waals surface area contributed by atoms with Crippen molar-refractivity contribution in [3.63, 3.8) is 0 Å². The zero-order chi connectivity index (χ0) is 27.5. The lowest BCUT2D eigenvalue weighted by atomic mass is 9.93. The summed E-state index contributed by atoms with van der Waals surface area (Å²) in [5, 5.41) is 11.9. The minimum Gasteiger partial charge on any atom is -0.459 e. The van der Waals surface area contributed by atoms with Gasteiger partial charge in [-0.05, 0) is 43.2 Å². The van der Waals surface area contributed by atoms with Crippen molar-refractivity contribution in [1.82, 2.24) is 9.97 Å². The molecule has 1 saturated carbocycles. The number of alkyl halides is 1. The number of hydrogen-bond acceptors (Lipinski definition) is 10. The molecule has 2 aromatic rings. The number of aliphatic hydroxyl groups is 1. The number of aromatic nitrogens is 2. The van der Waals surface area contributed by atoms with Crippen LogP contribution in [0.25, 0.3) is 0 Å². The molecule has 2 aliphatic heterocycles. The number of piperidine rings is 1. The van der Waals surface area contributed by atoms with Crippen molar-refractivity contribution in [2.75, 3.05) is 78.5 Å². The van der Waals surface area contributed by atoms with Gasteiger partial charge in [0.15, 0.2) is 11.6 Å². The van der Waals surface area contributed by atoms with E-state index in [1.807, 2.05) is 4.90 Å². The van der Waals surface area contributed by atoms with Crippen molar-refractivity contribution in [1.29, 1.82) is 0 Å². The van der Waals surface area contributed by atoms with Gasteiger partial charge in [0.1, 0.15) is 11.6 Å². The molecule has 1 amide bonds. The summed E-state index contributed by atoms with van der Waals surface area (Å²) in [6.45, 7) is 2.03. The topological polar surface area (TPSA) is 146 Å². The molecule has 39 heavy (non-hydrogen) atoms. The summed E-state index contributed by atoms with van der Waals surface area (Å²) in [4.78, 5) is 26.2. The number of nitrogens with one attached hydrogen (secondary N) is 2. The maximum absolute atomic E-state index is 13.5. The summed E-state index contributed by atoms with van der Waals surface area (Å²) in [6.07, 6.45) is 5.78. The normalized spacial score (nSPS) is 18.6. The van der Waals surface area contributed by atoms with E-state index in [9.17, 15) is 17.6 Å². The maximum atomic E-state index is 13.5. The molecule has 0 radical (unpaired) electrons. The molecule has 5 rings (SSSR count). The number of carbonyl (C=O) groups is 1. The summed E-state index contributed by atoms with van der Waals surface area (Å²) in [7, 11) is -3.79. The molecule has 3 aliphatic rings. The summed E-state index contributed by atoms with van der Waals surface area (Å²) in [6, 6.07) is 4.65. The van der Waals surface area contributed by atoms with Crippen molar-refractivity contribution in [3.05, 3.63) is 30.0 Å². The van der Waals surface area contributed by atoms with Gasteiger partial charge >= 0.3 is 0 Å². The number of anilines is 4. The van der Waals surface area contributed by atoms with Crippen LogP contribution in [0, 0.1) is 5.41 Å². The lowest BCUT2D eigenvalue weighted by Crippen LogP contribution is -2.37. The number of halogens is 1. The summed E-state index contributed by atoms with van der Waals surface area (Å²) < 4.78 is 50.3. The Kier molecular flexibility index (Phi) is 8.05. The van der Waals surface area contributed by atoms with E-state index in [-0.39, 0.29) is 22.9 Å². The molecule has 1 spiro atoms. The lowest BCUT2D eigenvalue weighted by Gasteiger charge is -2.35. The van der Waals surface area contributed by atoms with E-state index in [0.29, 0.717) is 43.2 Å². The number of nitrogens with zero attached hydrogens (tertiary/aromatic N) is 4. The molecule has 14 heteroatoms. The minimum atomic E-state index is -3.79. The third-order valence-electron chi connectivity index (χ3n) is 7.47. The second-order valence-electron chi connectivity index (χ2n) is 10.0. The zero-order valence-electron chi connectivity index (χ0n) is 21.6. The van der Waals surface area contributed by atoms with Crippen molar-refractivity contribution in [2.45, 2.75) is 25.7 Å². The second kappa shape index (κ2) is 11.5. The van der Waals surface area contributed by atoms with E-state index >= 15 is 0 Å². The molecule has 0 bridgehead atoms. The molecule has 12 nitrogen and oxygen atoms in total. The van der Waals surface area contributed by atoms with Crippen LogP contribution in [0.15, 0.2) is 24.4 Å². The number of morpholine rings is 1. The average molecular weight is 565 g/mol. The van der Waals surface area contributed by atoms with E-state index in [4.69, 9.17) is 14.6 Å². The predicted octanol–water partition coefficient (Wildman–Crippen LogP) is 1.99. The predicted molar refractivity (Wildman–Crippen MR) is 144 cm³/mol. The third kappa shape index (κ3) is 6.50. The molecule has 0 aromatic carbocycles. The molecule has 3 fully saturated rings. The summed E-state index contributed by atoms with van der Waals surface area (Å²) in [5.41, 5.74) is 1.23. The Morgan fingerprint density at radius 3 is 2.51 bits per heavy atom. The van der Waals surface area contributed by atoms with E-state index < -0.39 is 35.2 Å². The molecule has 212 valence electrons. The number of hydrogen-bond donors (Lipinski definition) is 3. The fourth-order valence-corrected chi connectivity index (χ4v) is 5.80. The molecule has 0 unspecified atom stereocenters. The first kappa shape index (κ1) is 27.3. The number of aliphatic hydroxyl groups excluding tert-OH is 1. The molecule has 2 aromatic heterocycles. The van der Waals surface area contributed by atoms with Crippen molar-refractivity contribution in [2.24, 2.45) is 5.41 Å². The first-order valence-corrected chi connectivity index (χ1v) is 14.7. The molecular weight excluding hydrogens is 531 g/mol. The zero-order valence-corrected chi connectivity index (χ0v) is 22.4. The highest BCUT2D eigenvalue weighted by Gasteiger charge is 2.44. The first-order valence-electron chi connectivity index (χ1n) is 13.0. The molecule has 0 atom stereocenters. The van der Waals surface area contributed by atoms with Gasteiger partial charge in [-0.15, -0.1) is 0 Å². The van der Waals surface area contributed by atoms with Crippen molar-refractivity contribution < 1.29 is 32.2 Å². The highest BCUT2D eigenvalue weighted by atomic mass is 32.2. The maximum Gasteiger partial charge on any atom is 0.260 e. The van der Waals surface area contributed by atoms with Gasteiger partial charge in [-0.2, -0.15) is 0 Å². The number of pyridine rings is 2. The van der Waals surface area contributed by atoms with Crippen molar-refractivity contribution in [3.8, 4) is 5.75 Å². The lowest BCUT2D eigenvalue weighted by molar-refractivity contribution is 0.102. The third-order valence-corrected chi connectivity index (χ3v) is 8.71. The number of amides is 1. The molecule has 2 saturated heterocycles. The van der Waals surface area contributed by atoms with Crippen LogP contribution in [0.5, 0.6) is 5.75 Å². The monoisotopic (exact) mass is 564 g/mol. The fourth-order valence-electron chi connectivity index (χ4n) is 5.03. The van der Waals surface area contributed by atoms with E-state index in [2.05, 4.69) is 24.9 Å². The number of carbonyl (C=O) groups excluding carboxylic acids is 1. The SMILES string of the molecule is O=C(Nc1ccc(OCF)c(N2CCOCC2)n1)c1cnc(NS(=O)(=O)CCO)cc1N1CCC2(CC1)CC2. The van der Waals surface area contributed by atoms with Crippen LogP contribution >= 0.6 is 0 Å². The Morgan fingerprint density at radius 2 is 1.85 bits per heavy atom. The van der Waals surface area contributed by atoms with E-state index in [1.165, 1.54) is 25.1 Å². The Labute approximate surface area is 226 Å². The van der Waals surface area contributed by atoms with Crippen LogP contribution in [-0.2, 0) is 14.8 Å². The summed E-state index contributed by atoms with van der Waals surface area (Å²) in [5.74, 6) is 0.0725. The highest BCUT2D eigenvalue weighted by Crippen LogP contribution is 2.54. The second-order valence-corrected chi connectivity index (χ2v) is 11.9. The van der Waals surface area contributed by atoms with Gasteiger partial charge in [-0.1, -0.05) is 0 Å². The molecule has 4 heterocycles. The van der Waals surface area contributed by atoms with Gasteiger partial charge in [0.2, 0.25) is 16.9 Å². The van der Waals surface area contributed by atoms with Gasteiger partial charge in [0.25, 0.3) is 5.91 Å². The van der Waals surface area contributed by atoms with Gasteiger partial charge in [-0.25, -0.2) is 22.8 Å². The Bertz CT molecular complexity index is 1290. The summed E-state index contributed by atoms with van der Waals surface area (Å²) >= 11 is 0. The van der Waals surface area contributed by atoms with E-state index in [0.717, 1.165) is 25.9 Å². The highest BCUT2D eigenvalue weighted by molar-refractivity contribution is 7.92. The average Bonchev–Trinajstić information content (AvgIpc) is 3.68. The Hall–Kier alpha value is -3.23. The van der Waals surface area contributed by atoms with Gasteiger partial charge in [-0.3, -0.25) is 9.52 Å². The Balaban J connectivity index is 1.41. The fraction of sp³-hybridized carbons (Fsp3) is 0.560. The molecule has 1 aliphatic carbocycles. The Morgan fingerprint density at radius 1 is 1.10 bits per heavy atom. The molecular formula is C25H33FN6O6S. The number of sulfonamides is 1. The van der Waals surface area contributed by atoms with Gasteiger partial charge in [0, 0.05) is 38.4 Å². The van der Waals surface area contributed by atoms with E-state index in [1.54, 1.807) is 12.1 Å². The standard InChI is InChI=1S/C25H33FN6O6S/c26-17-38-20-1-2-21(28-23(20)32-9-12-37-13-10-32)29-24(34)18-16-27-22(30-39(35,36)14-11-33)15-19(18)31-7-5-25(3-4-25)6-8-31/h1-2,15-16,33H,3-14,17H2,(H,27,30)(H,28,29,34). The van der Waals surface area contributed by atoms with Gasteiger partial charge in [0.05, 0.1) is 36.8 Å². The van der Waals surface area contributed by atoms with Crippen LogP contribution in [0.2, 0.25) is 0 Å². The van der Waals surface area contributed by atoms with Crippen LogP contribution in [0.3, 0.4) is 0 Å². The van der Waals surface area contributed by atoms with Crippen LogP contribution in [0.1, 0.15) is 36.0 Å². The van der Waals surface area contributed by atoms with Crippen LogP contribution < -0.4 is 24.6 Å². The molecule has 3 N–H and O–H groups in total. The quantitative estimate of drug-likeness (QED) is 0.392. The van der Waals surface area contributed by atoms with Crippen molar-refractivity contribution >= 4 is 39.1 Å². The van der Waals surface area contributed by atoms with Crippen LogP contribution in [-0.4, -0.2) is 88.0 Å². The van der Waals surface area contributed by atoms with Crippen LogP contribution in [0.4, 0.5) is 27.5 Å². The first-order chi connectivity index (χ1) is 18.8.